The number of methoxy groups -OCH3 is 1. The number of benzene rings is 1. The number of amides is 2. The van der Waals surface area contributed by atoms with Crippen molar-refractivity contribution in [1.29, 1.82) is 0 Å². The first-order chi connectivity index (χ1) is 11.7. The van der Waals surface area contributed by atoms with Crippen LogP contribution in [0.25, 0.3) is 0 Å². The average Bonchev–Trinajstić information content (AvgIpc) is 2.59. The van der Waals surface area contributed by atoms with Gasteiger partial charge in [-0.2, -0.15) is 13.2 Å². The summed E-state index contributed by atoms with van der Waals surface area (Å²) in [6.07, 6.45) is -3.76. The van der Waals surface area contributed by atoms with Gasteiger partial charge in [0.15, 0.2) is 0 Å². The third kappa shape index (κ3) is 5.35. The van der Waals surface area contributed by atoms with Gasteiger partial charge in [0.2, 0.25) is 5.91 Å². The molecule has 1 N–H and O–H groups in total. The summed E-state index contributed by atoms with van der Waals surface area (Å²) < 4.78 is 42.2. The molecule has 0 radical (unpaired) electrons. The number of carbonyl (C=O) groups excluding carboxylic acids is 2. The Morgan fingerprint density at radius 2 is 1.96 bits per heavy atom. The Morgan fingerprint density at radius 3 is 2.52 bits per heavy atom. The molecule has 138 valence electrons. The van der Waals surface area contributed by atoms with Crippen LogP contribution in [0.2, 0.25) is 0 Å². The fourth-order valence-electron chi connectivity index (χ4n) is 2.64. The van der Waals surface area contributed by atoms with Gasteiger partial charge in [-0.05, 0) is 47.0 Å². The van der Waals surface area contributed by atoms with Crippen molar-refractivity contribution >= 4 is 27.7 Å². The quantitative estimate of drug-likeness (QED) is 0.811. The zero-order chi connectivity index (χ0) is 18.6. The number of piperidine rings is 1. The lowest BCUT2D eigenvalue weighted by atomic mass is 9.95. The Hall–Kier alpha value is -1.77. The molecule has 0 aromatic heterocycles. The maximum Gasteiger partial charge on any atom is 0.405 e. The minimum Gasteiger partial charge on any atom is -0.497 e. The molecular formula is C16H18BrF3N2O3. The summed E-state index contributed by atoms with van der Waals surface area (Å²) >= 11 is 3.33. The number of nitrogens with zero attached hydrogens (tertiary/aromatic N) is 1. The molecule has 0 unspecified atom stereocenters. The molecule has 1 aliphatic heterocycles. The highest BCUT2D eigenvalue weighted by atomic mass is 79.9. The van der Waals surface area contributed by atoms with Crippen molar-refractivity contribution in [2.45, 2.75) is 19.0 Å². The standard InChI is InChI=1S/C16H18BrF3N2O3/c1-25-11-2-3-13(17)12(8-11)15(24)22-6-4-10(5-7-22)14(23)21-9-16(18,19)20/h2-3,8,10H,4-7,9H2,1H3,(H,21,23). The van der Waals surface area contributed by atoms with Gasteiger partial charge in [0.25, 0.3) is 5.91 Å². The first-order valence-electron chi connectivity index (χ1n) is 7.68. The van der Waals surface area contributed by atoms with Crippen LogP contribution in [0.3, 0.4) is 0 Å². The molecule has 1 aromatic rings. The Labute approximate surface area is 151 Å². The summed E-state index contributed by atoms with van der Waals surface area (Å²) in [7, 11) is 1.50. The van der Waals surface area contributed by atoms with Gasteiger partial charge >= 0.3 is 6.18 Å². The van der Waals surface area contributed by atoms with Crippen molar-refractivity contribution < 1.29 is 27.5 Å². The van der Waals surface area contributed by atoms with Gasteiger partial charge in [0.05, 0.1) is 12.7 Å². The lowest BCUT2D eigenvalue weighted by molar-refractivity contribution is -0.141. The maximum absolute atomic E-state index is 12.6. The van der Waals surface area contributed by atoms with Crippen molar-refractivity contribution in [3.63, 3.8) is 0 Å². The predicted octanol–water partition coefficient (Wildman–Crippen LogP) is 2.99. The summed E-state index contributed by atoms with van der Waals surface area (Å²) in [5.74, 6) is -0.792. The fraction of sp³-hybridized carbons (Fsp3) is 0.500. The molecule has 0 saturated carbocycles. The molecule has 1 saturated heterocycles. The molecule has 9 heteroatoms. The summed E-state index contributed by atoms with van der Waals surface area (Å²) in [4.78, 5) is 26.0. The molecule has 0 spiro atoms. The number of nitrogens with one attached hydrogen (secondary N) is 1. The van der Waals surface area contributed by atoms with Gasteiger partial charge in [-0.15, -0.1) is 0 Å². The summed E-state index contributed by atoms with van der Waals surface area (Å²) in [6.45, 7) is -0.707. The number of carbonyl (C=O) groups is 2. The normalized spacial score (nSPS) is 15.8. The van der Waals surface area contributed by atoms with E-state index in [-0.39, 0.29) is 5.91 Å². The Bertz CT molecular complexity index is 644. The number of alkyl halides is 3. The van der Waals surface area contributed by atoms with Gasteiger partial charge in [-0.1, -0.05) is 0 Å². The van der Waals surface area contributed by atoms with Crippen molar-refractivity contribution in [2.75, 3.05) is 26.7 Å². The zero-order valence-electron chi connectivity index (χ0n) is 13.5. The first-order valence-corrected chi connectivity index (χ1v) is 8.48. The summed E-state index contributed by atoms with van der Waals surface area (Å²) in [5, 5.41) is 1.90. The van der Waals surface area contributed by atoms with Crippen LogP contribution in [0.1, 0.15) is 23.2 Å². The van der Waals surface area contributed by atoms with E-state index in [4.69, 9.17) is 4.74 Å². The highest BCUT2D eigenvalue weighted by Gasteiger charge is 2.32. The number of likely N-dealkylation sites (tertiary alicyclic amines) is 1. The van der Waals surface area contributed by atoms with E-state index in [1.54, 1.807) is 23.1 Å². The van der Waals surface area contributed by atoms with Gasteiger partial charge in [0, 0.05) is 23.5 Å². The number of hydrogen-bond donors (Lipinski definition) is 1. The molecule has 2 rings (SSSR count). The molecule has 5 nitrogen and oxygen atoms in total. The topological polar surface area (TPSA) is 58.6 Å². The fourth-order valence-corrected chi connectivity index (χ4v) is 3.06. The monoisotopic (exact) mass is 422 g/mol. The van der Waals surface area contributed by atoms with E-state index in [2.05, 4.69) is 15.9 Å². The van der Waals surface area contributed by atoms with Crippen LogP contribution in [-0.4, -0.2) is 49.6 Å². The largest absolute Gasteiger partial charge is 0.497 e. The molecule has 0 bridgehead atoms. The molecule has 0 aliphatic carbocycles. The van der Waals surface area contributed by atoms with Crippen LogP contribution in [0.15, 0.2) is 22.7 Å². The molecule has 1 heterocycles. The number of ether oxygens (including phenoxy) is 1. The second-order valence-corrected chi connectivity index (χ2v) is 6.60. The van der Waals surface area contributed by atoms with Crippen molar-refractivity contribution in [1.82, 2.24) is 10.2 Å². The van der Waals surface area contributed by atoms with E-state index in [0.717, 1.165) is 0 Å². The van der Waals surface area contributed by atoms with E-state index in [1.807, 2.05) is 5.32 Å². The average molecular weight is 423 g/mol. The lowest BCUT2D eigenvalue weighted by Gasteiger charge is -2.31. The Kier molecular flexibility index (Phi) is 6.31. The van der Waals surface area contributed by atoms with Crippen LogP contribution in [0, 0.1) is 5.92 Å². The third-order valence-corrected chi connectivity index (χ3v) is 4.71. The molecule has 1 aliphatic rings. The smallest absolute Gasteiger partial charge is 0.405 e. The van der Waals surface area contributed by atoms with E-state index < -0.39 is 24.5 Å². The molecule has 25 heavy (non-hydrogen) atoms. The number of rotatable bonds is 4. The van der Waals surface area contributed by atoms with Gasteiger partial charge in [-0.25, -0.2) is 0 Å². The highest BCUT2D eigenvalue weighted by Crippen LogP contribution is 2.26. The van der Waals surface area contributed by atoms with E-state index in [9.17, 15) is 22.8 Å². The van der Waals surface area contributed by atoms with Crippen molar-refractivity contribution in [2.24, 2.45) is 5.92 Å². The van der Waals surface area contributed by atoms with Crippen LogP contribution in [0.5, 0.6) is 5.75 Å². The molecule has 1 aromatic carbocycles. The van der Waals surface area contributed by atoms with Crippen LogP contribution in [-0.2, 0) is 4.79 Å². The second kappa shape index (κ2) is 8.07. The van der Waals surface area contributed by atoms with Gasteiger partial charge in [0.1, 0.15) is 12.3 Å². The van der Waals surface area contributed by atoms with Crippen molar-refractivity contribution in [3.05, 3.63) is 28.2 Å². The Balaban J connectivity index is 1.93. The van der Waals surface area contributed by atoms with E-state index in [0.29, 0.717) is 41.7 Å². The summed E-state index contributed by atoms with van der Waals surface area (Å²) in [5.41, 5.74) is 0.444. The molecule has 1 fully saturated rings. The molecular weight excluding hydrogens is 405 g/mol. The molecule has 2 amide bonds. The van der Waals surface area contributed by atoms with E-state index in [1.165, 1.54) is 7.11 Å². The molecule has 0 atom stereocenters. The van der Waals surface area contributed by atoms with Crippen LogP contribution < -0.4 is 10.1 Å². The maximum atomic E-state index is 12.6. The van der Waals surface area contributed by atoms with Gasteiger partial charge < -0.3 is 15.0 Å². The number of halogens is 4. The van der Waals surface area contributed by atoms with Crippen molar-refractivity contribution in [3.8, 4) is 5.75 Å². The predicted molar refractivity (Wildman–Crippen MR) is 88.4 cm³/mol. The second-order valence-electron chi connectivity index (χ2n) is 5.75. The Morgan fingerprint density at radius 1 is 1.32 bits per heavy atom. The number of hydrogen-bond acceptors (Lipinski definition) is 3. The van der Waals surface area contributed by atoms with Gasteiger partial charge in [-0.3, -0.25) is 9.59 Å². The third-order valence-electron chi connectivity index (χ3n) is 4.02. The minimum atomic E-state index is -4.43. The zero-order valence-corrected chi connectivity index (χ0v) is 15.1. The first kappa shape index (κ1) is 19.6. The summed E-state index contributed by atoms with van der Waals surface area (Å²) in [6, 6.07) is 5.05. The van der Waals surface area contributed by atoms with Crippen LogP contribution in [0.4, 0.5) is 13.2 Å². The van der Waals surface area contributed by atoms with E-state index >= 15 is 0 Å². The highest BCUT2D eigenvalue weighted by molar-refractivity contribution is 9.10. The van der Waals surface area contributed by atoms with Crippen LogP contribution >= 0.6 is 15.9 Å². The lowest BCUT2D eigenvalue weighted by Crippen LogP contribution is -2.44. The minimum absolute atomic E-state index is 0.208. The SMILES string of the molecule is COc1ccc(Br)c(C(=O)N2CCC(C(=O)NCC(F)(F)F)CC2)c1.